The lowest BCUT2D eigenvalue weighted by Crippen LogP contribution is -1.89. The van der Waals surface area contributed by atoms with Crippen molar-refractivity contribution in [1.82, 2.24) is 0 Å². The van der Waals surface area contributed by atoms with Gasteiger partial charge in [-0.2, -0.15) is 0 Å². The Balaban J connectivity index is 2.02. The molecule has 0 spiro atoms. The maximum absolute atomic E-state index is 10.8. The van der Waals surface area contributed by atoms with E-state index in [1.165, 1.54) is 11.3 Å². The van der Waals surface area contributed by atoms with E-state index >= 15 is 0 Å². The third kappa shape index (κ3) is 3.05. The van der Waals surface area contributed by atoms with Crippen LogP contribution in [-0.4, -0.2) is 11.1 Å². The number of carboxylic acid groups (broad SMARTS) is 1. The highest BCUT2D eigenvalue weighted by Gasteiger charge is 2.07. The second-order valence-electron chi connectivity index (χ2n) is 3.88. The fourth-order valence-electron chi connectivity index (χ4n) is 1.46. The van der Waals surface area contributed by atoms with Gasteiger partial charge in [-0.3, -0.25) is 0 Å². The molecule has 2 rings (SSSR count). The van der Waals surface area contributed by atoms with Crippen LogP contribution in [0.4, 0.5) is 5.69 Å². The highest BCUT2D eigenvalue weighted by Crippen LogP contribution is 2.28. The van der Waals surface area contributed by atoms with Crippen molar-refractivity contribution in [3.05, 3.63) is 45.6 Å². The maximum Gasteiger partial charge on any atom is 0.345 e. The van der Waals surface area contributed by atoms with Gasteiger partial charge in [0.2, 0.25) is 0 Å². The zero-order chi connectivity index (χ0) is 13.1. The van der Waals surface area contributed by atoms with E-state index in [1.807, 2.05) is 31.2 Å². The number of benzene rings is 1. The van der Waals surface area contributed by atoms with Crippen LogP contribution in [0.25, 0.3) is 0 Å². The second kappa shape index (κ2) is 5.46. The average molecular weight is 279 g/mol. The number of carbonyl (C=O) groups is 1. The van der Waals surface area contributed by atoms with Crippen LogP contribution in [0.3, 0.4) is 0 Å². The molecule has 0 saturated carbocycles. The van der Waals surface area contributed by atoms with Crippen LogP contribution < -0.4 is 5.73 Å². The number of thiophene rings is 1. The van der Waals surface area contributed by atoms with Gasteiger partial charge in [-0.05, 0) is 42.8 Å². The first-order valence-electron chi connectivity index (χ1n) is 5.37. The first-order valence-corrected chi connectivity index (χ1v) is 7.17. The van der Waals surface area contributed by atoms with E-state index in [-0.39, 0.29) is 0 Å². The molecule has 2 aromatic rings. The van der Waals surface area contributed by atoms with E-state index in [2.05, 4.69) is 0 Å². The molecule has 0 saturated heterocycles. The second-order valence-corrected chi connectivity index (χ2v) is 6.10. The van der Waals surface area contributed by atoms with E-state index < -0.39 is 5.97 Å². The smallest absolute Gasteiger partial charge is 0.345 e. The molecule has 1 heterocycles. The van der Waals surface area contributed by atoms with Crippen LogP contribution in [0.1, 0.15) is 20.1 Å². The summed E-state index contributed by atoms with van der Waals surface area (Å²) in [5.74, 6) is -0.0824. The third-order valence-electron chi connectivity index (χ3n) is 2.49. The van der Waals surface area contributed by atoms with Crippen LogP contribution in [0.15, 0.2) is 35.2 Å². The minimum Gasteiger partial charge on any atom is -0.477 e. The van der Waals surface area contributed by atoms with Gasteiger partial charge in [-0.15, -0.1) is 23.1 Å². The minimum atomic E-state index is -0.862. The molecule has 1 aromatic carbocycles. The highest BCUT2D eigenvalue weighted by molar-refractivity contribution is 7.98. The fraction of sp³-hybridized carbons (Fsp3) is 0.154. The Hall–Kier alpha value is -1.46. The Labute approximate surface area is 114 Å². The Kier molecular flexibility index (Phi) is 3.93. The molecule has 0 atom stereocenters. The van der Waals surface area contributed by atoms with Crippen LogP contribution in [-0.2, 0) is 5.75 Å². The van der Waals surface area contributed by atoms with Crippen LogP contribution >= 0.6 is 23.1 Å². The number of nitrogens with two attached hydrogens (primary N) is 1. The lowest BCUT2D eigenvalue weighted by atomic mass is 10.2. The molecule has 0 unspecified atom stereocenters. The standard InChI is InChI=1S/C13H13NO2S2/c1-8-6-9(2-4-11(8)14)17-7-10-3-5-12(18-10)13(15)16/h2-6H,7,14H2,1H3,(H,15,16). The largest absolute Gasteiger partial charge is 0.477 e. The van der Waals surface area contributed by atoms with Gasteiger partial charge in [-0.1, -0.05) is 0 Å². The molecule has 3 nitrogen and oxygen atoms in total. The molecule has 1 aromatic heterocycles. The minimum absolute atomic E-state index is 0.388. The van der Waals surface area contributed by atoms with Gasteiger partial charge in [0, 0.05) is 21.2 Å². The van der Waals surface area contributed by atoms with Crippen molar-refractivity contribution in [3.63, 3.8) is 0 Å². The zero-order valence-corrected chi connectivity index (χ0v) is 11.5. The molecule has 18 heavy (non-hydrogen) atoms. The zero-order valence-electron chi connectivity index (χ0n) is 9.84. The van der Waals surface area contributed by atoms with Crippen molar-refractivity contribution in [1.29, 1.82) is 0 Å². The van der Waals surface area contributed by atoms with Crippen molar-refractivity contribution in [2.24, 2.45) is 0 Å². The Morgan fingerprint density at radius 2 is 2.17 bits per heavy atom. The number of thioether (sulfide) groups is 1. The summed E-state index contributed by atoms with van der Waals surface area (Å²) >= 11 is 3.01. The van der Waals surface area contributed by atoms with Crippen molar-refractivity contribution in [2.75, 3.05) is 5.73 Å². The summed E-state index contributed by atoms with van der Waals surface area (Å²) in [4.78, 5) is 13.4. The van der Waals surface area contributed by atoms with E-state index in [9.17, 15) is 4.79 Å². The third-order valence-corrected chi connectivity index (χ3v) is 4.79. The molecule has 0 bridgehead atoms. The van der Waals surface area contributed by atoms with Gasteiger partial charge >= 0.3 is 5.97 Å². The van der Waals surface area contributed by atoms with Gasteiger partial charge in [0.15, 0.2) is 0 Å². The van der Waals surface area contributed by atoms with E-state index in [1.54, 1.807) is 17.8 Å². The number of anilines is 1. The molecule has 3 N–H and O–H groups in total. The summed E-state index contributed by atoms with van der Waals surface area (Å²) in [7, 11) is 0. The number of hydrogen-bond acceptors (Lipinski definition) is 4. The molecule has 94 valence electrons. The molecule has 0 amide bonds. The number of rotatable bonds is 4. The monoisotopic (exact) mass is 279 g/mol. The summed E-state index contributed by atoms with van der Waals surface area (Å²) < 4.78 is 0. The Morgan fingerprint density at radius 3 is 2.78 bits per heavy atom. The number of carboxylic acids is 1. The van der Waals surface area contributed by atoms with Gasteiger partial charge < -0.3 is 10.8 Å². The lowest BCUT2D eigenvalue weighted by molar-refractivity contribution is 0.0702. The van der Waals surface area contributed by atoms with Gasteiger partial charge in [0.1, 0.15) is 4.88 Å². The predicted molar refractivity (Wildman–Crippen MR) is 76.4 cm³/mol. The first-order chi connectivity index (χ1) is 8.56. The SMILES string of the molecule is Cc1cc(SCc2ccc(C(=O)O)s2)ccc1N. The molecule has 0 aliphatic carbocycles. The summed E-state index contributed by atoms with van der Waals surface area (Å²) in [6, 6.07) is 9.45. The lowest BCUT2D eigenvalue weighted by Gasteiger charge is -2.03. The van der Waals surface area contributed by atoms with Crippen LogP contribution in [0, 0.1) is 6.92 Å². The Bertz CT molecular complexity index is 578. The van der Waals surface area contributed by atoms with Gasteiger partial charge in [0.25, 0.3) is 0 Å². The first kappa shape index (κ1) is 13.0. The van der Waals surface area contributed by atoms with Crippen LogP contribution in [0.5, 0.6) is 0 Å². The topological polar surface area (TPSA) is 63.3 Å². The van der Waals surface area contributed by atoms with Gasteiger partial charge in [-0.25, -0.2) is 4.79 Å². The summed E-state index contributed by atoms with van der Waals surface area (Å²) in [5.41, 5.74) is 7.62. The molecule has 5 heteroatoms. The number of aryl methyl sites for hydroxylation is 1. The van der Waals surface area contributed by atoms with E-state index in [0.29, 0.717) is 4.88 Å². The van der Waals surface area contributed by atoms with Gasteiger partial charge in [0.05, 0.1) is 0 Å². The number of nitrogen functional groups attached to an aromatic ring is 1. The molecule has 0 aliphatic rings. The van der Waals surface area contributed by atoms with Crippen LogP contribution in [0.2, 0.25) is 0 Å². The molecular formula is C13H13NO2S2. The summed E-state index contributed by atoms with van der Waals surface area (Å²) in [6.07, 6.45) is 0. The van der Waals surface area contributed by atoms with E-state index in [4.69, 9.17) is 10.8 Å². The van der Waals surface area contributed by atoms with E-state index in [0.717, 1.165) is 26.8 Å². The Morgan fingerprint density at radius 1 is 1.39 bits per heavy atom. The number of aromatic carboxylic acids is 1. The van der Waals surface area contributed by atoms with Crippen molar-refractivity contribution in [2.45, 2.75) is 17.6 Å². The molecule has 0 radical (unpaired) electrons. The fourth-order valence-corrected chi connectivity index (χ4v) is 3.35. The van der Waals surface area contributed by atoms with Crippen molar-refractivity contribution < 1.29 is 9.90 Å². The average Bonchev–Trinajstić information content (AvgIpc) is 2.79. The molecular weight excluding hydrogens is 266 g/mol. The normalized spacial score (nSPS) is 10.5. The van der Waals surface area contributed by atoms with Crippen molar-refractivity contribution in [3.8, 4) is 0 Å². The molecule has 0 aliphatic heterocycles. The predicted octanol–water partition coefficient (Wildman–Crippen LogP) is 3.63. The highest BCUT2D eigenvalue weighted by atomic mass is 32.2. The number of hydrogen-bond donors (Lipinski definition) is 2. The summed E-state index contributed by atoms with van der Waals surface area (Å²) in [5, 5.41) is 8.84. The quantitative estimate of drug-likeness (QED) is 0.662. The maximum atomic E-state index is 10.8. The van der Waals surface area contributed by atoms with Crippen molar-refractivity contribution >= 4 is 34.8 Å². The molecule has 0 fully saturated rings. The summed E-state index contributed by atoms with van der Waals surface area (Å²) in [6.45, 7) is 1.98.